The standard InChI is InChI=1S/C22H31N5O5S/c1-14(27-17(28)13-33-20(27)24-15-9-6-5-7-10-15)18(29)25-16(11-8-12-23-21(31)32)19(30)26-22(2,3)4/h5-7,9-10,14,16,23H,8,11-13H2,1-4H3,(H,25,29)(H,26,30)(H,31,32). The first kappa shape index (κ1) is 26.2. The molecule has 0 bridgehead atoms. The highest BCUT2D eigenvalue weighted by Gasteiger charge is 2.37. The number of benzene rings is 1. The van der Waals surface area contributed by atoms with Crippen molar-refractivity contribution in [3.05, 3.63) is 30.3 Å². The maximum Gasteiger partial charge on any atom is 0.404 e. The second-order valence-corrected chi connectivity index (χ2v) is 9.58. The maximum atomic E-state index is 13.0. The first-order valence-electron chi connectivity index (χ1n) is 10.7. The summed E-state index contributed by atoms with van der Waals surface area (Å²) in [5, 5.41) is 17.0. The average Bonchev–Trinajstić information content (AvgIpc) is 3.08. The van der Waals surface area contributed by atoms with Crippen molar-refractivity contribution in [1.29, 1.82) is 0 Å². The van der Waals surface area contributed by atoms with Crippen LogP contribution in [0.25, 0.3) is 0 Å². The van der Waals surface area contributed by atoms with Crippen molar-refractivity contribution in [1.82, 2.24) is 20.9 Å². The molecule has 0 spiro atoms. The number of rotatable bonds is 9. The number of hydrogen-bond acceptors (Lipinski definition) is 6. The molecule has 1 aromatic rings. The molecule has 2 unspecified atom stereocenters. The van der Waals surface area contributed by atoms with Crippen LogP contribution in [0, 0.1) is 0 Å². The van der Waals surface area contributed by atoms with Crippen LogP contribution in [-0.2, 0) is 14.4 Å². The highest BCUT2D eigenvalue weighted by molar-refractivity contribution is 8.15. The summed E-state index contributed by atoms with van der Waals surface area (Å²) < 4.78 is 0. The number of para-hydroxylation sites is 1. The van der Waals surface area contributed by atoms with Crippen LogP contribution >= 0.6 is 11.8 Å². The van der Waals surface area contributed by atoms with Crippen LogP contribution in [0.3, 0.4) is 0 Å². The van der Waals surface area contributed by atoms with Gasteiger partial charge in [-0.25, -0.2) is 9.79 Å². The number of hydrogen-bond donors (Lipinski definition) is 4. The van der Waals surface area contributed by atoms with Gasteiger partial charge in [-0.15, -0.1) is 0 Å². The number of nitrogens with one attached hydrogen (secondary N) is 3. The lowest BCUT2D eigenvalue weighted by Crippen LogP contribution is -2.56. The largest absolute Gasteiger partial charge is 0.465 e. The Morgan fingerprint density at radius 3 is 2.45 bits per heavy atom. The number of nitrogens with zero attached hydrogens (tertiary/aromatic N) is 2. The minimum atomic E-state index is -1.15. The summed E-state index contributed by atoms with van der Waals surface area (Å²) in [6, 6.07) is 7.37. The average molecular weight is 478 g/mol. The zero-order chi connectivity index (χ0) is 24.6. The summed E-state index contributed by atoms with van der Waals surface area (Å²) in [4.78, 5) is 54.8. The molecule has 180 valence electrons. The molecule has 0 saturated carbocycles. The van der Waals surface area contributed by atoms with Gasteiger partial charge in [-0.1, -0.05) is 30.0 Å². The van der Waals surface area contributed by atoms with Crippen molar-refractivity contribution >= 4 is 46.4 Å². The van der Waals surface area contributed by atoms with E-state index in [1.54, 1.807) is 19.1 Å². The monoisotopic (exact) mass is 477 g/mol. The fourth-order valence-corrected chi connectivity index (χ4v) is 4.05. The Hall–Kier alpha value is -3.08. The molecule has 0 radical (unpaired) electrons. The van der Waals surface area contributed by atoms with Gasteiger partial charge >= 0.3 is 6.09 Å². The molecule has 4 N–H and O–H groups in total. The van der Waals surface area contributed by atoms with Crippen molar-refractivity contribution in [2.45, 2.75) is 58.2 Å². The lowest BCUT2D eigenvalue weighted by Gasteiger charge is -2.28. The molecular weight excluding hydrogens is 446 g/mol. The van der Waals surface area contributed by atoms with E-state index in [2.05, 4.69) is 20.9 Å². The molecule has 1 heterocycles. The Balaban J connectivity index is 2.13. The first-order valence-corrected chi connectivity index (χ1v) is 11.6. The van der Waals surface area contributed by atoms with Gasteiger partial charge in [0.15, 0.2) is 5.17 Å². The van der Waals surface area contributed by atoms with Crippen LogP contribution < -0.4 is 16.0 Å². The molecule has 1 fully saturated rings. The summed E-state index contributed by atoms with van der Waals surface area (Å²) >= 11 is 1.25. The number of aliphatic imine (C=N–C) groups is 1. The van der Waals surface area contributed by atoms with Gasteiger partial charge in [0.1, 0.15) is 12.1 Å². The molecule has 0 aromatic heterocycles. The molecule has 1 aliphatic rings. The Labute approximate surface area is 197 Å². The summed E-state index contributed by atoms with van der Waals surface area (Å²) in [6.07, 6.45) is -0.574. The van der Waals surface area contributed by atoms with Gasteiger partial charge in [-0.3, -0.25) is 19.3 Å². The smallest absolute Gasteiger partial charge is 0.404 e. The van der Waals surface area contributed by atoms with Gasteiger partial charge in [0, 0.05) is 12.1 Å². The topological polar surface area (TPSA) is 140 Å². The van der Waals surface area contributed by atoms with Crippen molar-refractivity contribution in [2.24, 2.45) is 4.99 Å². The number of carbonyl (C=O) groups is 4. The summed E-state index contributed by atoms with van der Waals surface area (Å²) in [6.45, 7) is 7.21. The fourth-order valence-electron chi connectivity index (χ4n) is 3.09. The van der Waals surface area contributed by atoms with Gasteiger partial charge < -0.3 is 21.1 Å². The minimum Gasteiger partial charge on any atom is -0.465 e. The Morgan fingerprint density at radius 2 is 1.85 bits per heavy atom. The molecule has 10 nitrogen and oxygen atoms in total. The quantitative estimate of drug-likeness (QED) is 0.402. The number of carbonyl (C=O) groups excluding carboxylic acids is 3. The van der Waals surface area contributed by atoms with Crippen molar-refractivity contribution in [2.75, 3.05) is 12.3 Å². The molecule has 0 aliphatic carbocycles. The second-order valence-electron chi connectivity index (χ2n) is 8.63. The zero-order valence-corrected chi connectivity index (χ0v) is 20.1. The predicted octanol–water partition coefficient (Wildman–Crippen LogP) is 2.09. The van der Waals surface area contributed by atoms with E-state index in [0.717, 1.165) is 0 Å². The third-order valence-electron chi connectivity index (χ3n) is 4.62. The van der Waals surface area contributed by atoms with Crippen LogP contribution in [-0.4, -0.2) is 68.9 Å². The number of amides is 4. The Morgan fingerprint density at radius 1 is 1.18 bits per heavy atom. The third-order valence-corrected chi connectivity index (χ3v) is 5.56. The van der Waals surface area contributed by atoms with Crippen LogP contribution in [0.15, 0.2) is 35.3 Å². The summed E-state index contributed by atoms with van der Waals surface area (Å²) in [7, 11) is 0. The SMILES string of the molecule is CC(C(=O)NC(CCCNC(=O)O)C(=O)NC(C)(C)C)N1C(=O)CSC1=Nc1ccccc1. The Bertz CT molecular complexity index is 900. The van der Waals surface area contributed by atoms with Crippen molar-refractivity contribution in [3.63, 3.8) is 0 Å². The van der Waals surface area contributed by atoms with E-state index in [9.17, 15) is 19.2 Å². The van der Waals surface area contributed by atoms with Crippen molar-refractivity contribution < 1.29 is 24.3 Å². The van der Waals surface area contributed by atoms with Crippen LogP contribution in [0.4, 0.5) is 10.5 Å². The van der Waals surface area contributed by atoms with Gasteiger partial charge in [0.25, 0.3) is 0 Å². The van der Waals surface area contributed by atoms with E-state index < -0.39 is 29.6 Å². The van der Waals surface area contributed by atoms with E-state index in [1.165, 1.54) is 16.7 Å². The second kappa shape index (κ2) is 11.7. The van der Waals surface area contributed by atoms with E-state index in [-0.39, 0.29) is 30.5 Å². The zero-order valence-electron chi connectivity index (χ0n) is 19.3. The van der Waals surface area contributed by atoms with Gasteiger partial charge in [-0.05, 0) is 52.7 Å². The van der Waals surface area contributed by atoms with E-state index in [0.29, 0.717) is 17.3 Å². The normalized spacial score (nSPS) is 16.9. The third kappa shape index (κ3) is 8.41. The number of thioether (sulfide) groups is 1. The van der Waals surface area contributed by atoms with Gasteiger partial charge in [0.05, 0.1) is 11.4 Å². The van der Waals surface area contributed by atoms with Crippen LogP contribution in [0.1, 0.15) is 40.5 Å². The lowest BCUT2D eigenvalue weighted by atomic mass is 10.1. The highest BCUT2D eigenvalue weighted by atomic mass is 32.2. The molecular formula is C22H31N5O5S. The van der Waals surface area contributed by atoms with E-state index in [4.69, 9.17) is 5.11 Å². The van der Waals surface area contributed by atoms with Crippen LogP contribution in [0.2, 0.25) is 0 Å². The van der Waals surface area contributed by atoms with Gasteiger partial charge in [-0.2, -0.15) is 0 Å². The molecule has 11 heteroatoms. The molecule has 4 amide bonds. The maximum absolute atomic E-state index is 13.0. The molecule has 2 atom stereocenters. The first-order chi connectivity index (χ1) is 15.5. The lowest BCUT2D eigenvalue weighted by molar-refractivity contribution is -0.135. The minimum absolute atomic E-state index is 0.148. The Kier molecular flexibility index (Phi) is 9.27. The van der Waals surface area contributed by atoms with E-state index >= 15 is 0 Å². The van der Waals surface area contributed by atoms with Crippen molar-refractivity contribution in [3.8, 4) is 0 Å². The molecule has 1 saturated heterocycles. The molecule has 33 heavy (non-hydrogen) atoms. The van der Waals surface area contributed by atoms with Crippen LogP contribution in [0.5, 0.6) is 0 Å². The summed E-state index contributed by atoms with van der Waals surface area (Å²) in [5.74, 6) is -0.929. The number of carboxylic acid groups (broad SMARTS) is 1. The van der Waals surface area contributed by atoms with Gasteiger partial charge in [0.2, 0.25) is 17.7 Å². The molecule has 1 aromatic carbocycles. The predicted molar refractivity (Wildman–Crippen MR) is 127 cm³/mol. The molecule has 2 rings (SSSR count). The van der Waals surface area contributed by atoms with E-state index in [1.807, 2.05) is 39.0 Å². The number of amidine groups is 1. The summed E-state index contributed by atoms with van der Waals surface area (Å²) in [5.41, 5.74) is 0.155. The highest BCUT2D eigenvalue weighted by Crippen LogP contribution is 2.25. The fraction of sp³-hybridized carbons (Fsp3) is 0.500. The molecule has 1 aliphatic heterocycles.